The van der Waals surface area contributed by atoms with Gasteiger partial charge in [0.05, 0.1) is 34.7 Å². The smallest absolute Gasteiger partial charge is 0.223 e. The molecule has 0 N–H and O–H groups in total. The van der Waals surface area contributed by atoms with Crippen LogP contribution in [0.25, 0.3) is 17.2 Å². The Morgan fingerprint density at radius 3 is 2.59 bits per heavy atom. The summed E-state index contributed by atoms with van der Waals surface area (Å²) in [5.74, 6) is 1.76. The van der Waals surface area contributed by atoms with Crippen LogP contribution >= 0.6 is 0 Å². The largest absolute Gasteiger partial charge is 0.378 e. The van der Waals surface area contributed by atoms with E-state index in [9.17, 15) is 15.3 Å². The summed E-state index contributed by atoms with van der Waals surface area (Å²) in [6.45, 7) is 6.62. The van der Waals surface area contributed by atoms with E-state index in [4.69, 9.17) is 9.72 Å². The van der Waals surface area contributed by atoms with Gasteiger partial charge in [0.25, 0.3) is 0 Å². The molecular formula is C31H34N6O2. The molecule has 6 rings (SSSR count). The Kier molecular flexibility index (Phi) is 7.06. The van der Waals surface area contributed by atoms with Gasteiger partial charge in [0.15, 0.2) is 0 Å². The number of nitrogens with zero attached hydrogens (tertiary/aromatic N) is 6. The number of carbonyl (C=O) groups excluding carboxylic acids is 1. The molecule has 4 fully saturated rings. The van der Waals surface area contributed by atoms with Crippen molar-refractivity contribution in [2.24, 2.45) is 5.92 Å². The van der Waals surface area contributed by atoms with Crippen molar-refractivity contribution >= 4 is 17.8 Å². The molecule has 1 unspecified atom stereocenters. The zero-order valence-electron chi connectivity index (χ0n) is 22.3. The molecule has 2 saturated heterocycles. The van der Waals surface area contributed by atoms with E-state index in [1.807, 2.05) is 12.1 Å². The Hall–Kier alpha value is -3.75. The van der Waals surface area contributed by atoms with E-state index in [-0.39, 0.29) is 18.1 Å². The van der Waals surface area contributed by atoms with Crippen LogP contribution in [0.4, 0.5) is 5.82 Å². The minimum absolute atomic E-state index is 0.147. The summed E-state index contributed by atoms with van der Waals surface area (Å²) in [5.41, 5.74) is 4.17. The van der Waals surface area contributed by atoms with Gasteiger partial charge in [0, 0.05) is 55.9 Å². The lowest BCUT2D eigenvalue weighted by atomic mass is 9.95. The van der Waals surface area contributed by atoms with Crippen LogP contribution in [0.2, 0.25) is 0 Å². The van der Waals surface area contributed by atoms with E-state index in [1.54, 1.807) is 12.3 Å². The Bertz CT molecular complexity index is 1360. The molecule has 8 heteroatoms. The highest BCUT2D eigenvalue weighted by Gasteiger charge is 2.42. The van der Waals surface area contributed by atoms with Crippen LogP contribution < -0.4 is 4.90 Å². The summed E-state index contributed by atoms with van der Waals surface area (Å²) in [5, 5.41) is 20.0. The Morgan fingerprint density at radius 1 is 1.10 bits per heavy atom. The van der Waals surface area contributed by atoms with E-state index >= 15 is 0 Å². The van der Waals surface area contributed by atoms with Gasteiger partial charge >= 0.3 is 0 Å². The van der Waals surface area contributed by atoms with Crippen LogP contribution in [0.5, 0.6) is 0 Å². The summed E-state index contributed by atoms with van der Waals surface area (Å²) >= 11 is 0. The third-order valence-electron chi connectivity index (χ3n) is 8.57. The maximum Gasteiger partial charge on any atom is 0.223 e. The van der Waals surface area contributed by atoms with Gasteiger partial charge in [-0.25, -0.2) is 4.98 Å². The molecule has 0 bridgehead atoms. The van der Waals surface area contributed by atoms with Crippen molar-refractivity contribution in [2.75, 3.05) is 31.1 Å². The average Bonchev–Trinajstić information content (AvgIpc) is 3.93. The van der Waals surface area contributed by atoms with Crippen LogP contribution in [0, 0.1) is 28.6 Å². The van der Waals surface area contributed by atoms with Crippen LogP contribution in [-0.4, -0.2) is 59.2 Å². The first-order valence-electron chi connectivity index (χ1n) is 14.2. The Morgan fingerprint density at radius 2 is 1.92 bits per heavy atom. The fourth-order valence-corrected chi connectivity index (χ4v) is 6.12. The molecule has 200 valence electrons. The van der Waals surface area contributed by atoms with Gasteiger partial charge in [-0.3, -0.25) is 9.78 Å². The zero-order chi connectivity index (χ0) is 26.9. The van der Waals surface area contributed by atoms with Gasteiger partial charge in [-0.2, -0.15) is 10.5 Å². The first kappa shape index (κ1) is 25.5. The van der Waals surface area contributed by atoms with E-state index in [0.717, 1.165) is 68.4 Å². The summed E-state index contributed by atoms with van der Waals surface area (Å²) in [4.78, 5) is 27.0. The normalized spacial score (nSPS) is 22.8. The fraction of sp³-hybridized carbons (Fsp3) is 0.516. The zero-order valence-corrected chi connectivity index (χ0v) is 22.3. The van der Waals surface area contributed by atoms with Gasteiger partial charge in [-0.15, -0.1) is 0 Å². The lowest BCUT2D eigenvalue weighted by molar-refractivity contribution is -0.135. The quantitative estimate of drug-likeness (QED) is 0.490. The molecule has 2 aliphatic carbocycles. The van der Waals surface area contributed by atoms with Crippen LogP contribution in [0.15, 0.2) is 24.9 Å². The monoisotopic (exact) mass is 522 g/mol. The number of piperazine rings is 1. The van der Waals surface area contributed by atoms with Crippen LogP contribution in [0.1, 0.15) is 79.8 Å². The van der Waals surface area contributed by atoms with Crippen molar-refractivity contribution < 1.29 is 9.53 Å². The second-order valence-corrected chi connectivity index (χ2v) is 11.3. The number of carbonyl (C=O) groups is 1. The first-order valence-corrected chi connectivity index (χ1v) is 14.2. The van der Waals surface area contributed by atoms with Crippen LogP contribution in [-0.2, 0) is 9.53 Å². The molecule has 0 aromatic carbocycles. The van der Waals surface area contributed by atoms with Crippen molar-refractivity contribution in [1.29, 1.82) is 10.5 Å². The topological polar surface area (TPSA) is 106 Å². The minimum Gasteiger partial charge on any atom is -0.378 e. The maximum atomic E-state index is 13.3. The molecule has 4 aliphatic rings. The molecule has 2 aliphatic heterocycles. The number of amides is 1. The highest BCUT2D eigenvalue weighted by molar-refractivity contribution is 5.79. The minimum atomic E-state index is 0.147. The Balaban J connectivity index is 1.29. The third-order valence-corrected chi connectivity index (χ3v) is 8.57. The number of hydrogen-bond donors (Lipinski definition) is 0. The molecule has 0 radical (unpaired) electrons. The van der Waals surface area contributed by atoms with Crippen molar-refractivity contribution in [3.63, 3.8) is 0 Å². The van der Waals surface area contributed by atoms with E-state index in [2.05, 4.69) is 33.5 Å². The number of rotatable bonds is 8. The van der Waals surface area contributed by atoms with Crippen LogP contribution in [0.3, 0.4) is 0 Å². The van der Waals surface area contributed by atoms with Gasteiger partial charge < -0.3 is 14.5 Å². The maximum absolute atomic E-state index is 13.3. The average molecular weight is 523 g/mol. The van der Waals surface area contributed by atoms with Crippen molar-refractivity contribution in [1.82, 2.24) is 14.9 Å². The molecule has 8 nitrogen and oxygen atoms in total. The number of ether oxygens (including phenoxy) is 1. The van der Waals surface area contributed by atoms with E-state index in [1.165, 1.54) is 0 Å². The highest BCUT2D eigenvalue weighted by Crippen LogP contribution is 2.46. The molecular weight excluding hydrogens is 488 g/mol. The first-order chi connectivity index (χ1) is 19.1. The number of aromatic nitrogens is 2. The SMILES string of the molecule is C=Cc1cc(-c2cc(C#N)c(N3CCN(C(=O)CCC4CCCO4)[C@H](C4CC4)C3)nc2C2CC2)c(C#N)cn1. The molecule has 0 spiro atoms. The molecule has 2 atom stereocenters. The van der Waals surface area contributed by atoms with Crippen molar-refractivity contribution in [3.8, 4) is 23.3 Å². The second kappa shape index (κ2) is 10.8. The summed E-state index contributed by atoms with van der Waals surface area (Å²) in [6, 6.07) is 8.55. The second-order valence-electron chi connectivity index (χ2n) is 11.3. The summed E-state index contributed by atoms with van der Waals surface area (Å²) in [7, 11) is 0. The number of anilines is 1. The number of hydrogen-bond acceptors (Lipinski definition) is 7. The van der Waals surface area contributed by atoms with Gasteiger partial charge in [0.1, 0.15) is 18.0 Å². The van der Waals surface area contributed by atoms with E-state index < -0.39 is 0 Å². The lowest BCUT2D eigenvalue weighted by Crippen LogP contribution is -2.56. The predicted molar refractivity (Wildman–Crippen MR) is 148 cm³/mol. The number of pyridine rings is 2. The lowest BCUT2D eigenvalue weighted by Gasteiger charge is -2.43. The molecule has 2 aromatic rings. The van der Waals surface area contributed by atoms with Crippen molar-refractivity contribution in [2.45, 2.75) is 69.4 Å². The Labute approximate surface area is 229 Å². The van der Waals surface area contributed by atoms with Gasteiger partial charge in [0.2, 0.25) is 5.91 Å². The van der Waals surface area contributed by atoms with Crippen molar-refractivity contribution in [3.05, 3.63) is 47.4 Å². The highest BCUT2D eigenvalue weighted by atomic mass is 16.5. The molecule has 2 aromatic heterocycles. The standard InChI is InChI=1S/C31H34N6O2/c1-2-24-15-26(23(17-33)18-34-24)27-14-22(16-32)31(35-30(27)21-7-8-21)36-11-12-37(28(19-36)20-5-6-20)29(38)10-9-25-4-3-13-39-25/h2,14-15,18,20-21,25,28H,1,3-13,19H2/t25?,28-/m0/s1. The molecule has 2 saturated carbocycles. The molecule has 39 heavy (non-hydrogen) atoms. The molecule has 4 heterocycles. The predicted octanol–water partition coefficient (Wildman–Crippen LogP) is 4.79. The van der Waals surface area contributed by atoms with Gasteiger partial charge in [-0.1, -0.05) is 6.58 Å². The summed E-state index contributed by atoms with van der Waals surface area (Å²) in [6.07, 6.45) is 11.3. The van der Waals surface area contributed by atoms with Gasteiger partial charge in [-0.05, 0) is 69.1 Å². The number of nitriles is 2. The third kappa shape index (κ3) is 5.27. The summed E-state index contributed by atoms with van der Waals surface area (Å²) < 4.78 is 5.74. The van der Waals surface area contributed by atoms with E-state index in [0.29, 0.717) is 60.5 Å². The molecule has 1 amide bonds. The fourth-order valence-electron chi connectivity index (χ4n) is 6.12.